The van der Waals surface area contributed by atoms with Crippen molar-refractivity contribution in [1.29, 1.82) is 0 Å². The molecule has 0 unspecified atom stereocenters. The lowest BCUT2D eigenvalue weighted by Gasteiger charge is -1.99. The van der Waals surface area contributed by atoms with Crippen LogP contribution in [-0.2, 0) is 6.42 Å². The second kappa shape index (κ2) is 3.67. The normalized spacial score (nSPS) is 9.18. The maximum Gasteiger partial charge on any atom is 0.0633 e. The molecule has 0 spiro atoms. The van der Waals surface area contributed by atoms with Gasteiger partial charge in [-0.3, -0.25) is 0 Å². The summed E-state index contributed by atoms with van der Waals surface area (Å²) in [6.07, 6.45) is 5.65. The first kappa shape index (κ1) is 8.46. The molecule has 0 bridgehead atoms. The van der Waals surface area contributed by atoms with Crippen molar-refractivity contribution in [3.63, 3.8) is 0 Å². The Morgan fingerprint density at radius 2 is 2.09 bits per heavy atom. The molecule has 0 nitrogen and oxygen atoms in total. The third-order valence-corrected chi connectivity index (χ3v) is 2.18. The maximum atomic E-state index is 5.84. The van der Waals surface area contributed by atoms with Crippen LogP contribution in [-0.4, -0.2) is 0 Å². The van der Waals surface area contributed by atoms with Crippen LogP contribution in [0.2, 0.25) is 10.0 Å². The Morgan fingerprint density at radius 1 is 1.36 bits per heavy atom. The minimum absolute atomic E-state index is 0.527. The number of rotatable bonds is 1. The Balaban J connectivity index is 3.08. The number of halogens is 2. The highest BCUT2D eigenvalue weighted by Crippen LogP contribution is 2.25. The predicted octanol–water partition coefficient (Wildman–Crippen LogP) is 3.17. The van der Waals surface area contributed by atoms with Crippen LogP contribution in [0.15, 0.2) is 18.2 Å². The summed E-state index contributed by atoms with van der Waals surface area (Å²) in [5.74, 6) is 2.51. The standard InChI is InChI=1S/C9H6Cl2/c1-2-4-7-5-3-6-8(10)9(7)11/h1,3,5-6H,4H2. The largest absolute Gasteiger partial charge is 0.120 e. The molecule has 0 amide bonds. The lowest BCUT2D eigenvalue weighted by Crippen LogP contribution is -1.82. The van der Waals surface area contributed by atoms with Gasteiger partial charge in [-0.25, -0.2) is 0 Å². The zero-order valence-electron chi connectivity index (χ0n) is 5.77. The van der Waals surface area contributed by atoms with Gasteiger partial charge in [-0.15, -0.1) is 12.3 Å². The van der Waals surface area contributed by atoms with E-state index in [1.165, 1.54) is 0 Å². The minimum Gasteiger partial charge on any atom is -0.120 e. The molecule has 0 aliphatic carbocycles. The smallest absolute Gasteiger partial charge is 0.0633 e. The summed E-state index contributed by atoms with van der Waals surface area (Å²) in [7, 11) is 0. The summed E-state index contributed by atoms with van der Waals surface area (Å²) < 4.78 is 0. The molecule has 0 radical (unpaired) electrons. The first-order valence-corrected chi connectivity index (χ1v) is 3.87. The fourth-order valence-corrected chi connectivity index (χ4v) is 1.18. The van der Waals surface area contributed by atoms with E-state index in [4.69, 9.17) is 29.6 Å². The van der Waals surface area contributed by atoms with Gasteiger partial charge in [0.2, 0.25) is 0 Å². The molecule has 0 atom stereocenters. The van der Waals surface area contributed by atoms with Crippen LogP contribution >= 0.6 is 23.2 Å². The molecule has 0 heterocycles. The van der Waals surface area contributed by atoms with Crippen molar-refractivity contribution in [2.75, 3.05) is 0 Å². The van der Waals surface area contributed by atoms with Crippen LogP contribution in [0.25, 0.3) is 0 Å². The average Bonchev–Trinajstić information content (AvgIpc) is 1.99. The Labute approximate surface area is 76.1 Å². The van der Waals surface area contributed by atoms with Crippen molar-refractivity contribution in [1.82, 2.24) is 0 Å². The van der Waals surface area contributed by atoms with Crippen molar-refractivity contribution in [3.05, 3.63) is 33.8 Å². The maximum absolute atomic E-state index is 5.84. The van der Waals surface area contributed by atoms with E-state index in [2.05, 4.69) is 5.92 Å². The van der Waals surface area contributed by atoms with Gasteiger partial charge in [-0.2, -0.15) is 0 Å². The third-order valence-electron chi connectivity index (χ3n) is 1.32. The fourth-order valence-electron chi connectivity index (χ4n) is 0.795. The van der Waals surface area contributed by atoms with Crippen molar-refractivity contribution in [3.8, 4) is 12.3 Å². The molecule has 1 rings (SSSR count). The fraction of sp³-hybridized carbons (Fsp3) is 0.111. The van der Waals surface area contributed by atoms with Gasteiger partial charge in [0, 0.05) is 6.42 Å². The van der Waals surface area contributed by atoms with E-state index < -0.39 is 0 Å². The van der Waals surface area contributed by atoms with Crippen molar-refractivity contribution in [2.45, 2.75) is 6.42 Å². The Kier molecular flexibility index (Phi) is 2.82. The molecule has 0 aliphatic heterocycles. The second-order valence-corrected chi connectivity index (χ2v) is 2.88. The average molecular weight is 185 g/mol. The van der Waals surface area contributed by atoms with E-state index >= 15 is 0 Å². The third kappa shape index (κ3) is 1.89. The minimum atomic E-state index is 0.527. The number of benzene rings is 1. The second-order valence-electron chi connectivity index (χ2n) is 2.09. The SMILES string of the molecule is C#CCc1cccc(Cl)c1Cl. The molecule has 0 saturated heterocycles. The van der Waals surface area contributed by atoms with Gasteiger partial charge >= 0.3 is 0 Å². The van der Waals surface area contributed by atoms with E-state index in [-0.39, 0.29) is 0 Å². The molecule has 56 valence electrons. The zero-order chi connectivity index (χ0) is 8.27. The van der Waals surface area contributed by atoms with Gasteiger partial charge in [-0.1, -0.05) is 35.3 Å². The van der Waals surface area contributed by atoms with E-state index in [1.54, 1.807) is 6.07 Å². The highest BCUT2D eigenvalue weighted by Gasteiger charge is 2.01. The van der Waals surface area contributed by atoms with Crippen LogP contribution in [0.5, 0.6) is 0 Å². The molecule has 0 saturated carbocycles. The van der Waals surface area contributed by atoms with Crippen LogP contribution in [0, 0.1) is 12.3 Å². The van der Waals surface area contributed by atoms with E-state index in [9.17, 15) is 0 Å². The van der Waals surface area contributed by atoms with Crippen LogP contribution in [0.4, 0.5) is 0 Å². The topological polar surface area (TPSA) is 0 Å². The van der Waals surface area contributed by atoms with Crippen LogP contribution in [0.3, 0.4) is 0 Å². The molecule has 0 N–H and O–H groups in total. The Morgan fingerprint density at radius 3 is 2.73 bits per heavy atom. The lowest BCUT2D eigenvalue weighted by molar-refractivity contribution is 1.32. The number of terminal acetylenes is 1. The molecule has 1 aromatic carbocycles. The highest BCUT2D eigenvalue weighted by atomic mass is 35.5. The van der Waals surface area contributed by atoms with Crippen molar-refractivity contribution >= 4 is 23.2 Å². The number of hydrogen-bond acceptors (Lipinski definition) is 0. The summed E-state index contributed by atoms with van der Waals surface area (Å²) in [5, 5.41) is 1.12. The lowest BCUT2D eigenvalue weighted by atomic mass is 10.2. The molecule has 0 aromatic heterocycles. The Bertz CT molecular complexity index is 297. The molecular weight excluding hydrogens is 179 g/mol. The molecule has 0 fully saturated rings. The predicted molar refractivity (Wildman–Crippen MR) is 49.0 cm³/mol. The van der Waals surface area contributed by atoms with Crippen molar-refractivity contribution < 1.29 is 0 Å². The monoisotopic (exact) mass is 184 g/mol. The van der Waals surface area contributed by atoms with Gasteiger partial charge in [0.25, 0.3) is 0 Å². The molecule has 11 heavy (non-hydrogen) atoms. The zero-order valence-corrected chi connectivity index (χ0v) is 7.28. The van der Waals surface area contributed by atoms with E-state index in [1.807, 2.05) is 12.1 Å². The highest BCUT2D eigenvalue weighted by molar-refractivity contribution is 6.42. The summed E-state index contributed by atoms with van der Waals surface area (Å²) >= 11 is 11.6. The molecule has 0 aliphatic rings. The molecule has 2 heteroatoms. The molecular formula is C9H6Cl2. The molecule has 1 aromatic rings. The van der Waals surface area contributed by atoms with Gasteiger partial charge in [0.05, 0.1) is 10.0 Å². The van der Waals surface area contributed by atoms with Gasteiger partial charge < -0.3 is 0 Å². The first-order valence-electron chi connectivity index (χ1n) is 3.12. The van der Waals surface area contributed by atoms with Crippen LogP contribution < -0.4 is 0 Å². The van der Waals surface area contributed by atoms with Gasteiger partial charge in [-0.05, 0) is 11.6 Å². The number of hydrogen-bond donors (Lipinski definition) is 0. The van der Waals surface area contributed by atoms with E-state index in [0.717, 1.165) is 5.56 Å². The van der Waals surface area contributed by atoms with Gasteiger partial charge in [0.15, 0.2) is 0 Å². The van der Waals surface area contributed by atoms with Gasteiger partial charge in [0.1, 0.15) is 0 Å². The van der Waals surface area contributed by atoms with E-state index in [0.29, 0.717) is 16.5 Å². The first-order chi connectivity index (χ1) is 5.25. The summed E-state index contributed by atoms with van der Waals surface area (Å²) in [6.45, 7) is 0. The summed E-state index contributed by atoms with van der Waals surface area (Å²) in [5.41, 5.74) is 0.904. The van der Waals surface area contributed by atoms with Crippen LogP contribution in [0.1, 0.15) is 5.56 Å². The van der Waals surface area contributed by atoms with Crippen molar-refractivity contribution in [2.24, 2.45) is 0 Å². The Hall–Kier alpha value is -0.640. The summed E-state index contributed by atoms with van der Waals surface area (Å²) in [6, 6.07) is 5.44. The summed E-state index contributed by atoms with van der Waals surface area (Å²) in [4.78, 5) is 0. The quantitative estimate of drug-likeness (QED) is 0.589.